The topological polar surface area (TPSA) is 43.1 Å². The van der Waals surface area contributed by atoms with Crippen LogP contribution in [0.1, 0.15) is 29.6 Å². The van der Waals surface area contributed by atoms with Crippen molar-refractivity contribution in [3.05, 3.63) is 41.2 Å². The second-order valence-electron chi connectivity index (χ2n) is 3.69. The van der Waals surface area contributed by atoms with Gasteiger partial charge in [-0.25, -0.2) is 4.39 Å². The van der Waals surface area contributed by atoms with Gasteiger partial charge >= 0.3 is 0 Å². The molecule has 1 aromatic rings. The summed E-state index contributed by atoms with van der Waals surface area (Å²) in [5.74, 6) is -0.508. The van der Waals surface area contributed by atoms with Gasteiger partial charge in [0.05, 0.1) is 5.69 Å². The maximum Gasteiger partial charge on any atom is 0.188 e. The van der Waals surface area contributed by atoms with Gasteiger partial charge in [0, 0.05) is 5.56 Å². The van der Waals surface area contributed by atoms with Crippen molar-refractivity contribution < 1.29 is 9.18 Å². The third-order valence-electron chi connectivity index (χ3n) is 2.59. The molecule has 2 N–H and O–H groups in total. The van der Waals surface area contributed by atoms with Crippen LogP contribution >= 0.6 is 0 Å². The number of benzene rings is 1. The molecular formula is C12H12FNO. The van der Waals surface area contributed by atoms with Crippen LogP contribution < -0.4 is 5.73 Å². The summed E-state index contributed by atoms with van der Waals surface area (Å²) in [6.45, 7) is 0. The normalized spacial score (nSPS) is 15.1. The van der Waals surface area contributed by atoms with Crippen LogP contribution in [-0.2, 0) is 0 Å². The van der Waals surface area contributed by atoms with Gasteiger partial charge in [0.1, 0.15) is 5.82 Å². The lowest BCUT2D eigenvalue weighted by molar-refractivity contribution is 0.103. The van der Waals surface area contributed by atoms with Crippen LogP contribution in [0, 0.1) is 5.82 Å². The molecule has 0 fully saturated rings. The van der Waals surface area contributed by atoms with E-state index < -0.39 is 5.82 Å². The van der Waals surface area contributed by atoms with Crippen molar-refractivity contribution in [1.82, 2.24) is 0 Å². The Morgan fingerprint density at radius 2 is 2.20 bits per heavy atom. The molecular weight excluding hydrogens is 193 g/mol. The predicted molar refractivity (Wildman–Crippen MR) is 57.1 cm³/mol. The zero-order valence-corrected chi connectivity index (χ0v) is 8.29. The molecule has 78 valence electrons. The first-order valence-corrected chi connectivity index (χ1v) is 4.97. The first kappa shape index (κ1) is 9.90. The van der Waals surface area contributed by atoms with Crippen LogP contribution in [-0.4, -0.2) is 5.78 Å². The van der Waals surface area contributed by atoms with Crippen molar-refractivity contribution in [2.45, 2.75) is 19.3 Å². The minimum atomic E-state index is -0.480. The van der Waals surface area contributed by atoms with Gasteiger partial charge in [-0.15, -0.1) is 0 Å². The van der Waals surface area contributed by atoms with Crippen molar-refractivity contribution >= 4 is 11.5 Å². The van der Waals surface area contributed by atoms with E-state index in [1.54, 1.807) is 0 Å². The fourth-order valence-electron chi connectivity index (χ4n) is 1.75. The van der Waals surface area contributed by atoms with E-state index in [4.69, 9.17) is 5.73 Å². The third kappa shape index (κ3) is 1.91. The maximum atomic E-state index is 12.9. The number of hydrogen-bond donors (Lipinski definition) is 1. The van der Waals surface area contributed by atoms with Gasteiger partial charge < -0.3 is 5.73 Å². The van der Waals surface area contributed by atoms with Gasteiger partial charge in [-0.3, -0.25) is 4.79 Å². The molecule has 1 aliphatic carbocycles. The minimum Gasteiger partial charge on any atom is -0.396 e. The summed E-state index contributed by atoms with van der Waals surface area (Å²) >= 11 is 0. The van der Waals surface area contributed by atoms with Crippen LogP contribution in [0.5, 0.6) is 0 Å². The molecule has 1 aliphatic rings. The largest absolute Gasteiger partial charge is 0.396 e. The Kier molecular flexibility index (Phi) is 2.54. The highest BCUT2D eigenvalue weighted by molar-refractivity contribution is 6.09. The Balaban J connectivity index is 2.29. The fraction of sp³-hybridized carbons (Fsp3) is 0.250. The molecule has 0 bridgehead atoms. The standard InChI is InChI=1S/C12H12FNO/c13-10-6-5-9(7-11(10)14)12(15)8-3-1-2-4-8/h3,5-7H,1-2,4,14H2. The zero-order chi connectivity index (χ0) is 10.8. The predicted octanol–water partition coefficient (Wildman–Crippen LogP) is 2.70. The summed E-state index contributed by atoms with van der Waals surface area (Å²) in [5, 5.41) is 0. The average molecular weight is 205 g/mol. The minimum absolute atomic E-state index is 0.0273. The molecule has 0 amide bonds. The highest BCUT2D eigenvalue weighted by Crippen LogP contribution is 2.23. The summed E-state index contributed by atoms with van der Waals surface area (Å²) in [4.78, 5) is 11.9. The third-order valence-corrected chi connectivity index (χ3v) is 2.59. The molecule has 15 heavy (non-hydrogen) atoms. The smallest absolute Gasteiger partial charge is 0.188 e. The number of anilines is 1. The first-order chi connectivity index (χ1) is 7.18. The van der Waals surface area contributed by atoms with Gasteiger partial charge in [0.25, 0.3) is 0 Å². The molecule has 0 unspecified atom stereocenters. The molecule has 3 heteroatoms. The van der Waals surface area contributed by atoms with Crippen LogP contribution in [0.3, 0.4) is 0 Å². The summed E-state index contributed by atoms with van der Waals surface area (Å²) in [5.41, 5.74) is 6.73. The Morgan fingerprint density at radius 1 is 1.40 bits per heavy atom. The zero-order valence-electron chi connectivity index (χ0n) is 8.29. The van der Waals surface area contributed by atoms with E-state index in [9.17, 15) is 9.18 Å². The maximum absolute atomic E-state index is 12.9. The lowest BCUT2D eigenvalue weighted by Gasteiger charge is -2.03. The number of rotatable bonds is 2. The molecule has 0 atom stereocenters. The van der Waals surface area contributed by atoms with E-state index in [0.717, 1.165) is 24.8 Å². The van der Waals surface area contributed by atoms with E-state index in [1.807, 2.05) is 6.08 Å². The second-order valence-corrected chi connectivity index (χ2v) is 3.69. The van der Waals surface area contributed by atoms with Gasteiger partial charge in [0.15, 0.2) is 5.78 Å². The van der Waals surface area contributed by atoms with E-state index in [-0.39, 0.29) is 11.5 Å². The highest BCUT2D eigenvalue weighted by Gasteiger charge is 2.15. The molecule has 2 rings (SSSR count). The Hall–Kier alpha value is -1.64. The Bertz CT molecular complexity index is 437. The molecule has 1 aromatic carbocycles. The lowest BCUT2D eigenvalue weighted by atomic mass is 10.0. The lowest BCUT2D eigenvalue weighted by Crippen LogP contribution is -2.03. The number of nitrogens with two attached hydrogens (primary N) is 1. The van der Waals surface area contributed by atoms with Crippen LogP contribution in [0.2, 0.25) is 0 Å². The van der Waals surface area contributed by atoms with Gasteiger partial charge in [-0.05, 0) is 43.0 Å². The van der Waals surface area contributed by atoms with Crippen molar-refractivity contribution in [2.24, 2.45) is 0 Å². The molecule has 0 spiro atoms. The number of Topliss-reactive ketones (excluding diaryl/α,β-unsaturated/α-hetero) is 1. The van der Waals surface area contributed by atoms with Crippen molar-refractivity contribution in [3.8, 4) is 0 Å². The Morgan fingerprint density at radius 3 is 2.80 bits per heavy atom. The number of hydrogen-bond acceptors (Lipinski definition) is 2. The first-order valence-electron chi connectivity index (χ1n) is 4.97. The van der Waals surface area contributed by atoms with Crippen LogP contribution in [0.25, 0.3) is 0 Å². The molecule has 0 saturated carbocycles. The Labute approximate surface area is 87.6 Å². The SMILES string of the molecule is Nc1cc(C(=O)C2=CCCC2)ccc1F. The summed E-state index contributed by atoms with van der Waals surface area (Å²) in [7, 11) is 0. The van der Waals surface area contributed by atoms with Crippen LogP contribution in [0.4, 0.5) is 10.1 Å². The molecule has 2 nitrogen and oxygen atoms in total. The van der Waals surface area contributed by atoms with E-state index in [2.05, 4.69) is 0 Å². The van der Waals surface area contributed by atoms with E-state index in [0.29, 0.717) is 5.56 Å². The molecule has 0 saturated heterocycles. The summed E-state index contributed by atoms with van der Waals surface area (Å²) < 4.78 is 12.9. The fourth-order valence-corrected chi connectivity index (χ4v) is 1.75. The number of allylic oxidation sites excluding steroid dienone is 2. The highest BCUT2D eigenvalue weighted by atomic mass is 19.1. The molecule has 0 heterocycles. The molecule has 0 radical (unpaired) electrons. The number of carbonyl (C=O) groups excluding carboxylic acids is 1. The van der Waals surface area contributed by atoms with Gasteiger partial charge in [0.2, 0.25) is 0 Å². The molecule has 0 aromatic heterocycles. The van der Waals surface area contributed by atoms with E-state index in [1.165, 1.54) is 18.2 Å². The summed E-state index contributed by atoms with van der Waals surface area (Å²) in [6.07, 6.45) is 4.74. The van der Waals surface area contributed by atoms with E-state index >= 15 is 0 Å². The van der Waals surface area contributed by atoms with Gasteiger partial charge in [-0.2, -0.15) is 0 Å². The number of carbonyl (C=O) groups is 1. The number of nitrogen functional groups attached to an aromatic ring is 1. The monoisotopic (exact) mass is 205 g/mol. The quantitative estimate of drug-likeness (QED) is 0.595. The van der Waals surface area contributed by atoms with Gasteiger partial charge in [-0.1, -0.05) is 6.08 Å². The van der Waals surface area contributed by atoms with Crippen molar-refractivity contribution in [3.63, 3.8) is 0 Å². The molecule has 0 aliphatic heterocycles. The second kappa shape index (κ2) is 3.85. The van der Waals surface area contributed by atoms with Crippen LogP contribution in [0.15, 0.2) is 29.8 Å². The average Bonchev–Trinajstić information content (AvgIpc) is 2.74. The van der Waals surface area contributed by atoms with Crippen molar-refractivity contribution in [1.29, 1.82) is 0 Å². The summed E-state index contributed by atoms with van der Waals surface area (Å²) in [6, 6.07) is 4.11. The van der Waals surface area contributed by atoms with Crippen molar-refractivity contribution in [2.75, 3.05) is 5.73 Å². The number of ketones is 1. The number of halogens is 1.